The number of halogens is 1. The van der Waals surface area contributed by atoms with Crippen LogP contribution in [0.15, 0.2) is 36.9 Å². The molecule has 4 amide bonds. The van der Waals surface area contributed by atoms with Gasteiger partial charge in [0.05, 0.1) is 4.88 Å². The van der Waals surface area contributed by atoms with Gasteiger partial charge in [-0.15, -0.1) is 17.9 Å². The van der Waals surface area contributed by atoms with Gasteiger partial charge < -0.3 is 26.0 Å². The van der Waals surface area contributed by atoms with E-state index in [1.807, 2.05) is 45.0 Å². The number of carboxylic acids is 1. The Balaban J connectivity index is 1.40. The zero-order valence-corrected chi connectivity index (χ0v) is 28.1. The first-order valence-corrected chi connectivity index (χ1v) is 17.3. The number of aliphatic carboxylic acids is 1. The molecule has 4 N–H and O–H groups in total. The molecule has 1 saturated heterocycles. The number of thiophene rings is 1. The number of nitrogens with zero attached hydrogens (tertiary/aromatic N) is 1. The molecule has 1 aromatic carbocycles. The van der Waals surface area contributed by atoms with Crippen molar-refractivity contribution in [2.24, 2.45) is 17.3 Å². The summed E-state index contributed by atoms with van der Waals surface area (Å²) >= 11 is 3.64. The molecule has 5 atom stereocenters. The molecule has 0 radical (unpaired) electrons. The van der Waals surface area contributed by atoms with Crippen LogP contribution in [-0.4, -0.2) is 69.8 Å². The van der Waals surface area contributed by atoms with Gasteiger partial charge in [-0.1, -0.05) is 67.6 Å². The molecule has 3 fully saturated rings. The van der Waals surface area contributed by atoms with Crippen LogP contribution in [0.2, 0.25) is 0 Å². The van der Waals surface area contributed by atoms with Crippen molar-refractivity contribution in [3.8, 4) is 0 Å². The normalized spacial score (nSPS) is 25.3. The molecule has 1 aromatic heterocycles. The Morgan fingerprint density at radius 3 is 2.50 bits per heavy atom. The van der Waals surface area contributed by atoms with E-state index >= 15 is 0 Å². The molecule has 5 rings (SSSR count). The van der Waals surface area contributed by atoms with Crippen molar-refractivity contribution in [3.63, 3.8) is 0 Å². The first kappa shape index (κ1) is 32.4. The van der Waals surface area contributed by atoms with Gasteiger partial charge in [-0.05, 0) is 54.0 Å². The molecule has 2 heterocycles. The van der Waals surface area contributed by atoms with Crippen molar-refractivity contribution in [3.05, 3.63) is 47.4 Å². The summed E-state index contributed by atoms with van der Waals surface area (Å²) in [6.45, 7) is 9.28. The van der Waals surface area contributed by atoms with Gasteiger partial charge in [0, 0.05) is 34.1 Å². The number of hydrogen-bond donors (Lipinski definition) is 4. The maximum absolute atomic E-state index is 14.2. The lowest BCUT2D eigenvalue weighted by molar-refractivity contribution is -0.147. The largest absolute Gasteiger partial charge is 0.479 e. The lowest BCUT2D eigenvalue weighted by atomic mass is 9.85. The minimum atomic E-state index is -1.47. The van der Waals surface area contributed by atoms with Crippen LogP contribution in [0.25, 0.3) is 10.1 Å². The maximum atomic E-state index is 14.2. The van der Waals surface area contributed by atoms with Crippen LogP contribution in [0, 0.1) is 17.3 Å². The Hall–Kier alpha value is -3.00. The van der Waals surface area contributed by atoms with Gasteiger partial charge in [-0.25, -0.2) is 4.79 Å². The second-order valence-electron chi connectivity index (χ2n) is 13.3. The molecule has 1 aliphatic heterocycles. The highest BCUT2D eigenvalue weighted by Gasteiger charge is 2.61. The monoisotopic (exact) mass is 734 g/mol. The van der Waals surface area contributed by atoms with E-state index < -0.39 is 52.8 Å². The van der Waals surface area contributed by atoms with Crippen LogP contribution < -0.4 is 16.0 Å². The van der Waals surface area contributed by atoms with E-state index in [9.17, 15) is 29.1 Å². The summed E-state index contributed by atoms with van der Waals surface area (Å²) in [7, 11) is 0. The van der Waals surface area contributed by atoms with Crippen molar-refractivity contribution < 1.29 is 29.1 Å². The minimum absolute atomic E-state index is 0.0448. The number of fused-ring (bicyclic) bond motifs is 1. The number of alkyl halides is 1. The second-order valence-corrected chi connectivity index (χ2v) is 15.1. The van der Waals surface area contributed by atoms with Crippen molar-refractivity contribution in [1.82, 2.24) is 20.9 Å². The van der Waals surface area contributed by atoms with Gasteiger partial charge in [-0.2, -0.15) is 0 Å². The molecular weight excluding hydrogens is 695 g/mol. The van der Waals surface area contributed by atoms with Crippen molar-refractivity contribution in [2.45, 2.75) is 81.0 Å². The zero-order chi connectivity index (χ0) is 32.0. The van der Waals surface area contributed by atoms with Crippen LogP contribution in [0.3, 0.4) is 0 Å². The molecule has 10 nitrogen and oxygen atoms in total. The standard InChI is InChI=1S/C32H39IN4O6S/c1-5-18-14-32(18,30(42)43)36-27(39)22-13-19(34-28(40)25-21(15-33)20-8-6-7-9-23(20)44-25)16-37(22)29(41)26(31(2,3)4)35-24(38)12-17-10-11-17/h5-9,17-19,22,26H,1,10-16H2,2-4H3,(H,34,40)(H,35,38)(H,36,39)(H,42,43)/t18?,19-,22+,26-,32?/m1/s1. The summed E-state index contributed by atoms with van der Waals surface area (Å²) < 4.78 is 1.64. The second kappa shape index (κ2) is 12.4. The predicted molar refractivity (Wildman–Crippen MR) is 176 cm³/mol. The molecule has 3 aliphatic rings. The van der Waals surface area contributed by atoms with Crippen LogP contribution in [0.4, 0.5) is 0 Å². The Bertz CT molecular complexity index is 1510. The van der Waals surface area contributed by atoms with Crippen LogP contribution in [0.1, 0.15) is 68.1 Å². The Morgan fingerprint density at radius 2 is 1.91 bits per heavy atom. The fourth-order valence-electron chi connectivity index (χ4n) is 6.04. The fraction of sp³-hybridized carbons (Fsp3) is 0.531. The number of benzene rings is 1. The molecule has 12 heteroatoms. The van der Waals surface area contributed by atoms with Crippen molar-refractivity contribution >= 4 is 73.6 Å². The van der Waals surface area contributed by atoms with Gasteiger partial charge in [0.2, 0.25) is 17.7 Å². The molecule has 2 unspecified atom stereocenters. The Kier molecular flexibility index (Phi) is 9.14. The van der Waals surface area contributed by atoms with Gasteiger partial charge >= 0.3 is 5.97 Å². The van der Waals surface area contributed by atoms with Crippen molar-refractivity contribution in [2.75, 3.05) is 6.54 Å². The lowest BCUT2D eigenvalue weighted by Crippen LogP contribution is -2.59. The number of likely N-dealkylation sites (tertiary alicyclic amines) is 1. The van der Waals surface area contributed by atoms with Gasteiger partial charge in [0.25, 0.3) is 5.91 Å². The smallest absolute Gasteiger partial charge is 0.330 e. The molecule has 2 aliphatic carbocycles. The first-order valence-electron chi connectivity index (χ1n) is 14.9. The number of carboxylic acid groups (broad SMARTS) is 1. The molecule has 2 saturated carbocycles. The molecule has 2 aromatic rings. The Labute approximate surface area is 274 Å². The minimum Gasteiger partial charge on any atom is -0.479 e. The Morgan fingerprint density at radius 1 is 1.20 bits per heavy atom. The SMILES string of the molecule is C=CC1CC1(NC(=O)[C@@H]1C[C@@H](NC(=O)c2sc3ccccc3c2CI)CN1C(=O)[C@@H](NC(=O)CC1CC1)C(C)(C)C)C(=O)O. The summed E-state index contributed by atoms with van der Waals surface area (Å²) in [6, 6.07) is 5.31. The number of carbonyl (C=O) groups is 5. The van der Waals surface area contributed by atoms with Crippen molar-refractivity contribution in [1.29, 1.82) is 0 Å². The number of rotatable bonds is 11. The average molecular weight is 735 g/mol. The first-order chi connectivity index (χ1) is 20.8. The van der Waals surface area contributed by atoms with E-state index in [4.69, 9.17) is 0 Å². The summed E-state index contributed by atoms with van der Waals surface area (Å²) in [6.07, 6.45) is 4.16. The van der Waals surface area contributed by atoms with E-state index in [-0.39, 0.29) is 31.2 Å². The highest BCUT2D eigenvalue weighted by molar-refractivity contribution is 14.1. The number of nitrogens with one attached hydrogen (secondary N) is 3. The highest BCUT2D eigenvalue weighted by Crippen LogP contribution is 2.45. The van der Waals surface area contributed by atoms with Gasteiger partial charge in [0.15, 0.2) is 0 Å². The van der Waals surface area contributed by atoms with E-state index in [1.54, 1.807) is 0 Å². The third kappa shape index (κ3) is 6.51. The zero-order valence-electron chi connectivity index (χ0n) is 25.2. The van der Waals surface area contributed by atoms with Crippen LogP contribution in [0.5, 0.6) is 0 Å². The van der Waals surface area contributed by atoms with Gasteiger partial charge in [-0.3, -0.25) is 19.2 Å². The topological polar surface area (TPSA) is 145 Å². The fourth-order valence-corrected chi connectivity index (χ4v) is 8.21. The molecule has 0 bridgehead atoms. The predicted octanol–water partition coefficient (Wildman–Crippen LogP) is 4.01. The van der Waals surface area contributed by atoms with E-state index in [0.717, 1.165) is 28.5 Å². The lowest BCUT2D eigenvalue weighted by Gasteiger charge is -2.35. The van der Waals surface area contributed by atoms with Crippen LogP contribution in [-0.2, 0) is 23.6 Å². The molecule has 236 valence electrons. The quantitative estimate of drug-likeness (QED) is 0.156. The van der Waals surface area contributed by atoms with E-state index in [1.165, 1.54) is 22.3 Å². The molecule has 0 spiro atoms. The van der Waals surface area contributed by atoms with E-state index in [2.05, 4.69) is 45.1 Å². The molecule has 44 heavy (non-hydrogen) atoms. The number of carbonyl (C=O) groups excluding carboxylic acids is 4. The summed E-state index contributed by atoms with van der Waals surface area (Å²) in [5.41, 5.74) is -1.21. The van der Waals surface area contributed by atoms with Gasteiger partial charge in [0.1, 0.15) is 17.6 Å². The summed E-state index contributed by atoms with van der Waals surface area (Å²) in [5, 5.41) is 19.6. The van der Waals surface area contributed by atoms with E-state index in [0.29, 0.717) is 21.6 Å². The highest BCUT2D eigenvalue weighted by atomic mass is 127. The summed E-state index contributed by atoms with van der Waals surface area (Å²) in [5.74, 6) is -2.78. The maximum Gasteiger partial charge on any atom is 0.330 e. The number of amides is 4. The average Bonchev–Trinajstić information content (AvgIpc) is 3.84. The summed E-state index contributed by atoms with van der Waals surface area (Å²) in [4.78, 5) is 68.5. The van der Waals surface area contributed by atoms with Crippen LogP contribution >= 0.6 is 33.9 Å². The third-order valence-corrected chi connectivity index (χ3v) is 10.9. The third-order valence-electron chi connectivity index (χ3n) is 8.88. The number of hydrogen-bond acceptors (Lipinski definition) is 6. The molecular formula is C32H39IN4O6S.